The Morgan fingerprint density at radius 2 is 2.08 bits per heavy atom. The molecule has 1 aromatic carbocycles. The van der Waals surface area contributed by atoms with Crippen molar-refractivity contribution in [3.63, 3.8) is 0 Å². The molecule has 3 atom stereocenters. The zero-order valence-corrected chi connectivity index (χ0v) is 14.7. The Bertz CT molecular complexity index is 705. The lowest BCUT2D eigenvalue weighted by Gasteiger charge is -2.29. The van der Waals surface area contributed by atoms with Crippen LogP contribution in [0.5, 0.6) is 5.75 Å². The second kappa shape index (κ2) is 8.12. The molecule has 1 saturated heterocycles. The molecule has 1 amide bonds. The topological polar surface area (TPSA) is 63.2 Å². The van der Waals surface area contributed by atoms with E-state index in [4.69, 9.17) is 4.74 Å². The number of nitrogens with zero attached hydrogens (tertiary/aromatic N) is 1. The van der Waals surface area contributed by atoms with Crippen molar-refractivity contribution in [3.05, 3.63) is 59.9 Å². The number of ether oxygens (including phenoxy) is 1. The minimum atomic E-state index is -0.324. The van der Waals surface area contributed by atoms with Crippen molar-refractivity contribution in [1.29, 1.82) is 0 Å². The first kappa shape index (κ1) is 17.4. The van der Waals surface area contributed by atoms with Crippen molar-refractivity contribution >= 4 is 5.91 Å². The fourth-order valence-electron chi connectivity index (χ4n) is 3.39. The van der Waals surface area contributed by atoms with Crippen LogP contribution in [0.2, 0.25) is 0 Å². The largest absolute Gasteiger partial charge is 0.496 e. The van der Waals surface area contributed by atoms with Crippen LogP contribution in [0.3, 0.4) is 0 Å². The third-order valence-corrected chi connectivity index (χ3v) is 4.71. The molecule has 5 heteroatoms. The van der Waals surface area contributed by atoms with Crippen molar-refractivity contribution in [3.8, 4) is 5.75 Å². The van der Waals surface area contributed by atoms with Crippen molar-refractivity contribution in [2.75, 3.05) is 13.7 Å². The molecular weight excluding hydrogens is 314 g/mol. The van der Waals surface area contributed by atoms with E-state index >= 15 is 0 Å². The summed E-state index contributed by atoms with van der Waals surface area (Å²) in [6.07, 6.45) is 3.46. The molecule has 0 bridgehead atoms. The number of pyridine rings is 1. The molecule has 1 fully saturated rings. The molecule has 1 aliphatic heterocycles. The number of methoxy groups -OCH3 is 1. The third kappa shape index (κ3) is 4.17. The SMILES string of the molecule is COc1ccccc1C(NC(=O)[C@H]1CCN[C@@H](C)C1)c1ccccn1. The Hall–Kier alpha value is -2.40. The quantitative estimate of drug-likeness (QED) is 0.879. The van der Waals surface area contributed by atoms with Gasteiger partial charge >= 0.3 is 0 Å². The second-order valence-corrected chi connectivity index (χ2v) is 6.51. The predicted molar refractivity (Wildman–Crippen MR) is 97.4 cm³/mol. The van der Waals surface area contributed by atoms with E-state index in [1.165, 1.54) is 0 Å². The Morgan fingerprint density at radius 3 is 2.80 bits per heavy atom. The molecule has 0 radical (unpaired) electrons. The van der Waals surface area contributed by atoms with Gasteiger partial charge in [-0.1, -0.05) is 24.3 Å². The molecular formula is C20H25N3O2. The van der Waals surface area contributed by atoms with E-state index in [1.807, 2.05) is 42.5 Å². The van der Waals surface area contributed by atoms with Crippen LogP contribution in [0, 0.1) is 5.92 Å². The number of rotatable bonds is 5. The van der Waals surface area contributed by atoms with Crippen LogP contribution in [-0.2, 0) is 4.79 Å². The lowest BCUT2D eigenvalue weighted by molar-refractivity contribution is -0.126. The number of amides is 1. The van der Waals surface area contributed by atoms with E-state index in [0.29, 0.717) is 6.04 Å². The van der Waals surface area contributed by atoms with E-state index in [9.17, 15) is 4.79 Å². The maximum atomic E-state index is 12.9. The number of aromatic nitrogens is 1. The molecule has 0 spiro atoms. The van der Waals surface area contributed by atoms with Crippen LogP contribution in [0.15, 0.2) is 48.7 Å². The molecule has 3 rings (SSSR count). The molecule has 132 valence electrons. The van der Waals surface area contributed by atoms with Crippen LogP contribution in [-0.4, -0.2) is 30.6 Å². The summed E-state index contributed by atoms with van der Waals surface area (Å²) in [5.74, 6) is 0.851. The summed E-state index contributed by atoms with van der Waals surface area (Å²) < 4.78 is 5.50. The van der Waals surface area contributed by atoms with Gasteiger partial charge in [0.15, 0.2) is 0 Å². The normalized spacial score (nSPS) is 21.4. The zero-order valence-electron chi connectivity index (χ0n) is 14.7. The maximum Gasteiger partial charge on any atom is 0.224 e. The van der Waals surface area contributed by atoms with Crippen molar-refractivity contribution in [2.45, 2.75) is 31.8 Å². The molecule has 1 aliphatic rings. The smallest absolute Gasteiger partial charge is 0.224 e. The zero-order chi connectivity index (χ0) is 17.6. The highest BCUT2D eigenvalue weighted by molar-refractivity contribution is 5.79. The minimum absolute atomic E-state index is 0.0252. The average molecular weight is 339 g/mol. The number of piperidine rings is 1. The minimum Gasteiger partial charge on any atom is -0.496 e. The van der Waals surface area contributed by atoms with E-state index < -0.39 is 0 Å². The summed E-state index contributed by atoms with van der Waals surface area (Å²) in [5.41, 5.74) is 1.72. The number of carbonyl (C=O) groups is 1. The molecule has 2 heterocycles. The molecule has 1 aromatic heterocycles. The van der Waals surface area contributed by atoms with Crippen molar-refractivity contribution in [2.24, 2.45) is 5.92 Å². The lowest BCUT2D eigenvalue weighted by Crippen LogP contribution is -2.43. The molecule has 25 heavy (non-hydrogen) atoms. The number of para-hydroxylation sites is 1. The molecule has 2 N–H and O–H groups in total. The number of benzene rings is 1. The monoisotopic (exact) mass is 339 g/mol. The van der Waals surface area contributed by atoms with Gasteiger partial charge in [-0.15, -0.1) is 0 Å². The summed E-state index contributed by atoms with van der Waals surface area (Å²) in [5, 5.41) is 6.59. The maximum absolute atomic E-state index is 12.9. The summed E-state index contributed by atoms with van der Waals surface area (Å²) >= 11 is 0. The van der Waals surface area contributed by atoms with Gasteiger partial charge in [-0.2, -0.15) is 0 Å². The first-order valence-electron chi connectivity index (χ1n) is 8.76. The summed E-state index contributed by atoms with van der Waals surface area (Å²) in [6.45, 7) is 3.00. The Morgan fingerprint density at radius 1 is 1.28 bits per heavy atom. The first-order chi connectivity index (χ1) is 12.2. The number of hydrogen-bond donors (Lipinski definition) is 2. The summed E-state index contributed by atoms with van der Waals surface area (Å²) in [4.78, 5) is 17.4. The molecule has 0 saturated carbocycles. The van der Waals surface area contributed by atoms with E-state index in [2.05, 4.69) is 22.5 Å². The second-order valence-electron chi connectivity index (χ2n) is 6.51. The highest BCUT2D eigenvalue weighted by Crippen LogP contribution is 2.29. The van der Waals surface area contributed by atoms with Crippen LogP contribution in [0.1, 0.15) is 37.1 Å². The Kier molecular flexibility index (Phi) is 5.66. The van der Waals surface area contributed by atoms with Gasteiger partial charge in [0.05, 0.1) is 18.8 Å². The highest BCUT2D eigenvalue weighted by Gasteiger charge is 2.28. The number of nitrogens with one attached hydrogen (secondary N) is 2. The van der Waals surface area contributed by atoms with Gasteiger partial charge in [-0.3, -0.25) is 9.78 Å². The van der Waals surface area contributed by atoms with E-state index in [1.54, 1.807) is 13.3 Å². The first-order valence-corrected chi connectivity index (χ1v) is 8.76. The van der Waals surface area contributed by atoms with Crippen LogP contribution in [0.25, 0.3) is 0 Å². The predicted octanol–water partition coefficient (Wildman–Crippen LogP) is 2.68. The fourth-order valence-corrected chi connectivity index (χ4v) is 3.39. The Balaban J connectivity index is 1.88. The van der Waals surface area contributed by atoms with Crippen LogP contribution >= 0.6 is 0 Å². The van der Waals surface area contributed by atoms with Gasteiger partial charge in [0.2, 0.25) is 5.91 Å². The third-order valence-electron chi connectivity index (χ3n) is 4.71. The van der Waals surface area contributed by atoms with Gasteiger partial charge in [0.25, 0.3) is 0 Å². The van der Waals surface area contributed by atoms with Crippen LogP contribution in [0.4, 0.5) is 0 Å². The average Bonchev–Trinajstić information content (AvgIpc) is 2.66. The molecule has 1 unspecified atom stereocenters. The molecule has 5 nitrogen and oxygen atoms in total. The standard InChI is InChI=1S/C20H25N3O2/c1-14-13-15(10-12-21-14)20(24)23-19(17-8-5-6-11-22-17)16-7-3-4-9-18(16)25-2/h3-9,11,14-15,19,21H,10,12-13H2,1-2H3,(H,23,24)/t14-,15-,19?/m0/s1. The van der Waals surface area contributed by atoms with Gasteiger partial charge in [-0.25, -0.2) is 0 Å². The lowest BCUT2D eigenvalue weighted by atomic mass is 9.91. The van der Waals surface area contributed by atoms with E-state index in [-0.39, 0.29) is 17.9 Å². The van der Waals surface area contributed by atoms with Crippen molar-refractivity contribution < 1.29 is 9.53 Å². The summed E-state index contributed by atoms with van der Waals surface area (Å²) in [6, 6.07) is 13.5. The molecule has 0 aliphatic carbocycles. The summed E-state index contributed by atoms with van der Waals surface area (Å²) in [7, 11) is 1.64. The van der Waals surface area contributed by atoms with Gasteiger partial charge in [-0.05, 0) is 44.5 Å². The fraction of sp³-hybridized carbons (Fsp3) is 0.400. The van der Waals surface area contributed by atoms with Crippen LogP contribution < -0.4 is 15.4 Å². The van der Waals surface area contributed by atoms with Crippen molar-refractivity contribution in [1.82, 2.24) is 15.6 Å². The number of hydrogen-bond acceptors (Lipinski definition) is 4. The Labute approximate surface area is 148 Å². The highest BCUT2D eigenvalue weighted by atomic mass is 16.5. The van der Waals surface area contributed by atoms with Gasteiger partial charge < -0.3 is 15.4 Å². The van der Waals surface area contributed by atoms with E-state index in [0.717, 1.165) is 36.4 Å². The van der Waals surface area contributed by atoms with Gasteiger partial charge in [0, 0.05) is 23.7 Å². The molecule has 2 aromatic rings. The number of carbonyl (C=O) groups excluding carboxylic acids is 1. The van der Waals surface area contributed by atoms with Gasteiger partial charge in [0.1, 0.15) is 5.75 Å².